The van der Waals surface area contributed by atoms with E-state index in [-0.39, 0.29) is 6.10 Å². The van der Waals surface area contributed by atoms with Gasteiger partial charge in [-0.05, 0) is 31.7 Å². The largest absolute Gasteiger partial charge is 0.495 e. The van der Waals surface area contributed by atoms with Crippen molar-refractivity contribution in [3.63, 3.8) is 0 Å². The summed E-state index contributed by atoms with van der Waals surface area (Å²) in [6.07, 6.45) is 5.79. The Hall–Kier alpha value is -2.12. The first-order valence-electron chi connectivity index (χ1n) is 9.32. The summed E-state index contributed by atoms with van der Waals surface area (Å²) in [6.45, 7) is 3.08. The molecule has 140 valence electrons. The van der Waals surface area contributed by atoms with Gasteiger partial charge in [-0.3, -0.25) is 4.98 Å². The highest BCUT2D eigenvalue weighted by Gasteiger charge is 2.23. The van der Waals surface area contributed by atoms with Gasteiger partial charge in [-0.15, -0.1) is 0 Å². The average Bonchev–Trinajstić information content (AvgIpc) is 2.70. The molecule has 2 aromatic rings. The minimum Gasteiger partial charge on any atom is -0.495 e. The van der Waals surface area contributed by atoms with Crippen LogP contribution in [0.3, 0.4) is 0 Å². The number of methoxy groups -OCH3 is 1. The van der Waals surface area contributed by atoms with E-state index < -0.39 is 0 Å². The maximum Gasteiger partial charge on any atom is 0.225 e. The van der Waals surface area contributed by atoms with E-state index >= 15 is 0 Å². The van der Waals surface area contributed by atoms with Crippen LogP contribution in [0.25, 0.3) is 10.9 Å². The Balaban J connectivity index is 1.68. The Bertz CT molecular complexity index is 756. The molecule has 1 saturated carbocycles. The number of pyridine rings is 2. The second-order valence-corrected chi connectivity index (χ2v) is 6.98. The second-order valence-electron chi connectivity index (χ2n) is 6.98. The molecule has 2 fully saturated rings. The zero-order valence-corrected chi connectivity index (χ0v) is 15.2. The minimum absolute atomic E-state index is 0.150. The van der Waals surface area contributed by atoms with Gasteiger partial charge < -0.3 is 24.8 Å². The molecule has 0 radical (unpaired) electrons. The molecule has 1 saturated heterocycles. The third-order valence-electron chi connectivity index (χ3n) is 5.17. The maximum absolute atomic E-state index is 6.33. The molecule has 2 N–H and O–H groups in total. The number of anilines is 1. The van der Waals surface area contributed by atoms with Crippen molar-refractivity contribution in [1.29, 1.82) is 0 Å². The fraction of sp³-hybridized carbons (Fsp3) is 0.579. The molecule has 1 aliphatic carbocycles. The van der Waals surface area contributed by atoms with Crippen LogP contribution in [0.4, 0.5) is 5.82 Å². The first kappa shape index (κ1) is 17.3. The molecule has 0 aromatic carbocycles. The van der Waals surface area contributed by atoms with E-state index in [0.717, 1.165) is 55.5 Å². The van der Waals surface area contributed by atoms with Crippen LogP contribution >= 0.6 is 0 Å². The maximum atomic E-state index is 6.33. The van der Waals surface area contributed by atoms with E-state index in [0.29, 0.717) is 30.9 Å². The van der Waals surface area contributed by atoms with Crippen molar-refractivity contribution in [3.8, 4) is 11.6 Å². The van der Waals surface area contributed by atoms with Crippen LogP contribution in [-0.4, -0.2) is 55.5 Å². The Labute approximate surface area is 153 Å². The smallest absolute Gasteiger partial charge is 0.225 e. The van der Waals surface area contributed by atoms with Crippen LogP contribution in [0.15, 0.2) is 18.3 Å². The van der Waals surface area contributed by atoms with E-state index in [1.54, 1.807) is 13.3 Å². The zero-order valence-electron chi connectivity index (χ0n) is 15.2. The summed E-state index contributed by atoms with van der Waals surface area (Å²) in [5, 5.41) is 0.885. The van der Waals surface area contributed by atoms with E-state index in [1.165, 1.54) is 0 Å². The van der Waals surface area contributed by atoms with Crippen LogP contribution < -0.4 is 20.1 Å². The quantitative estimate of drug-likeness (QED) is 0.896. The molecule has 3 heterocycles. The van der Waals surface area contributed by atoms with Crippen molar-refractivity contribution in [2.45, 2.75) is 37.8 Å². The lowest BCUT2D eigenvalue weighted by molar-refractivity contribution is 0.122. The summed E-state index contributed by atoms with van der Waals surface area (Å²) >= 11 is 0. The third kappa shape index (κ3) is 3.68. The summed E-state index contributed by atoms with van der Waals surface area (Å²) < 4.78 is 17.1. The number of morpholine rings is 1. The molecule has 2 aromatic heterocycles. The van der Waals surface area contributed by atoms with E-state index in [2.05, 4.69) is 9.88 Å². The number of nitrogens with two attached hydrogens (primary N) is 1. The van der Waals surface area contributed by atoms with Gasteiger partial charge in [0.25, 0.3) is 0 Å². The summed E-state index contributed by atoms with van der Waals surface area (Å²) in [7, 11) is 1.64. The van der Waals surface area contributed by atoms with Crippen LogP contribution in [0.5, 0.6) is 11.6 Å². The Morgan fingerprint density at radius 3 is 2.65 bits per heavy atom. The monoisotopic (exact) mass is 358 g/mol. The van der Waals surface area contributed by atoms with Gasteiger partial charge in [-0.2, -0.15) is 4.98 Å². The van der Waals surface area contributed by atoms with E-state index in [4.69, 9.17) is 24.9 Å². The predicted molar refractivity (Wildman–Crippen MR) is 100.0 cm³/mol. The third-order valence-corrected chi connectivity index (χ3v) is 5.17. The number of rotatable bonds is 4. The fourth-order valence-electron chi connectivity index (χ4n) is 3.58. The van der Waals surface area contributed by atoms with Gasteiger partial charge in [0.05, 0.1) is 37.4 Å². The van der Waals surface area contributed by atoms with Crippen molar-refractivity contribution < 1.29 is 14.2 Å². The van der Waals surface area contributed by atoms with Crippen molar-refractivity contribution >= 4 is 16.7 Å². The van der Waals surface area contributed by atoms with Gasteiger partial charge in [0.1, 0.15) is 17.7 Å². The average molecular weight is 358 g/mol. The van der Waals surface area contributed by atoms with Gasteiger partial charge in [0.2, 0.25) is 5.88 Å². The molecule has 7 nitrogen and oxygen atoms in total. The van der Waals surface area contributed by atoms with E-state index in [1.807, 2.05) is 12.1 Å². The normalized spacial score (nSPS) is 23.8. The molecule has 1 aliphatic heterocycles. The van der Waals surface area contributed by atoms with Crippen LogP contribution in [-0.2, 0) is 4.74 Å². The number of ether oxygens (including phenoxy) is 3. The van der Waals surface area contributed by atoms with Gasteiger partial charge in [0, 0.05) is 25.2 Å². The number of nitrogens with zero attached hydrogens (tertiary/aromatic N) is 3. The number of aromatic nitrogens is 2. The molecule has 4 rings (SSSR count). The molecule has 0 spiro atoms. The van der Waals surface area contributed by atoms with Crippen molar-refractivity contribution in [1.82, 2.24) is 9.97 Å². The molecule has 7 heteroatoms. The molecular formula is C19H26N4O3. The van der Waals surface area contributed by atoms with Gasteiger partial charge in [0.15, 0.2) is 0 Å². The number of hydrogen-bond donors (Lipinski definition) is 1. The SMILES string of the molecule is COc1cnc2cc(N3CCOCC3)nc(OC3CCC(N)CC3)c2c1. The first-order chi connectivity index (χ1) is 12.7. The van der Waals surface area contributed by atoms with Crippen molar-refractivity contribution in [2.24, 2.45) is 5.73 Å². The highest BCUT2D eigenvalue weighted by molar-refractivity contribution is 5.87. The molecule has 2 aliphatic rings. The van der Waals surface area contributed by atoms with Crippen LogP contribution in [0.1, 0.15) is 25.7 Å². The minimum atomic E-state index is 0.150. The van der Waals surface area contributed by atoms with Crippen LogP contribution in [0, 0.1) is 0 Å². The number of fused-ring (bicyclic) bond motifs is 1. The Kier molecular flexibility index (Phi) is 5.08. The van der Waals surface area contributed by atoms with Gasteiger partial charge in [-0.25, -0.2) is 0 Å². The lowest BCUT2D eigenvalue weighted by Crippen LogP contribution is -2.37. The molecule has 0 amide bonds. The fourth-order valence-corrected chi connectivity index (χ4v) is 3.58. The highest BCUT2D eigenvalue weighted by Crippen LogP contribution is 2.32. The van der Waals surface area contributed by atoms with Gasteiger partial charge in [-0.1, -0.05) is 0 Å². The Morgan fingerprint density at radius 1 is 1.15 bits per heavy atom. The zero-order chi connectivity index (χ0) is 17.9. The number of hydrogen-bond acceptors (Lipinski definition) is 7. The summed E-state index contributed by atoms with van der Waals surface area (Å²) in [5.41, 5.74) is 6.89. The second kappa shape index (κ2) is 7.63. The van der Waals surface area contributed by atoms with Crippen LogP contribution in [0.2, 0.25) is 0 Å². The molecule has 26 heavy (non-hydrogen) atoms. The summed E-state index contributed by atoms with van der Waals surface area (Å²) in [6, 6.07) is 4.26. The lowest BCUT2D eigenvalue weighted by atomic mass is 9.94. The first-order valence-corrected chi connectivity index (χ1v) is 9.32. The molecule has 0 unspecified atom stereocenters. The summed E-state index contributed by atoms with van der Waals surface area (Å²) in [5.74, 6) is 2.23. The lowest BCUT2D eigenvalue weighted by Gasteiger charge is -2.30. The Morgan fingerprint density at radius 2 is 1.92 bits per heavy atom. The standard InChI is InChI=1S/C19H26N4O3/c1-24-15-10-16-17(21-12-15)11-18(23-6-8-25-9-7-23)22-19(16)26-14-4-2-13(20)3-5-14/h10-14H,2-9,20H2,1H3. The predicted octanol–water partition coefficient (Wildman–Crippen LogP) is 2.12. The van der Waals surface area contributed by atoms with E-state index in [9.17, 15) is 0 Å². The highest BCUT2D eigenvalue weighted by atomic mass is 16.5. The molecule has 0 atom stereocenters. The molecular weight excluding hydrogens is 332 g/mol. The van der Waals surface area contributed by atoms with Gasteiger partial charge >= 0.3 is 0 Å². The topological polar surface area (TPSA) is 82.7 Å². The molecule has 0 bridgehead atoms. The van der Waals surface area contributed by atoms with Crippen molar-refractivity contribution in [3.05, 3.63) is 18.3 Å². The van der Waals surface area contributed by atoms with Crippen molar-refractivity contribution in [2.75, 3.05) is 38.3 Å². The summed E-state index contributed by atoms with van der Waals surface area (Å²) in [4.78, 5) is 11.6.